The highest BCUT2D eigenvalue weighted by Crippen LogP contribution is 2.12. The summed E-state index contributed by atoms with van der Waals surface area (Å²) in [7, 11) is 0. The molecular weight excluding hydrogens is 358 g/mol. The van der Waals surface area contributed by atoms with Crippen LogP contribution in [0.5, 0.6) is 0 Å². The van der Waals surface area contributed by atoms with Gasteiger partial charge in [0.2, 0.25) is 17.7 Å². The van der Waals surface area contributed by atoms with E-state index < -0.39 is 60.1 Å². The van der Waals surface area contributed by atoms with Crippen molar-refractivity contribution in [1.82, 2.24) is 10.6 Å². The Morgan fingerprint density at radius 2 is 1.52 bits per heavy atom. The molecule has 0 aliphatic heterocycles. The summed E-state index contributed by atoms with van der Waals surface area (Å²) >= 11 is 0. The van der Waals surface area contributed by atoms with Crippen LogP contribution in [0.25, 0.3) is 0 Å². The minimum atomic E-state index is -1.28. The highest BCUT2D eigenvalue weighted by Gasteiger charge is 2.30. The molecule has 0 heterocycles. The third-order valence-electron chi connectivity index (χ3n) is 4.05. The van der Waals surface area contributed by atoms with E-state index in [1.807, 2.05) is 0 Å². The topological polar surface area (TPSA) is 176 Å². The van der Waals surface area contributed by atoms with Gasteiger partial charge in [-0.25, -0.2) is 0 Å². The highest BCUT2D eigenvalue weighted by atomic mass is 16.3. The molecule has 3 amide bonds. The Bertz CT molecular complexity index is 577. The number of carbonyl (C=O) groups excluding carboxylic acids is 5. The van der Waals surface area contributed by atoms with Gasteiger partial charge in [0.25, 0.3) is 0 Å². The van der Waals surface area contributed by atoms with Crippen LogP contribution in [0.15, 0.2) is 0 Å². The second-order valence-corrected chi connectivity index (χ2v) is 6.70. The molecule has 0 saturated heterocycles. The molecule has 0 aromatic rings. The number of carbonyl (C=O) groups is 5. The van der Waals surface area contributed by atoms with E-state index in [0.29, 0.717) is 0 Å². The van der Waals surface area contributed by atoms with Crippen LogP contribution in [-0.4, -0.2) is 64.3 Å². The lowest BCUT2D eigenvalue weighted by Gasteiger charge is -2.23. The normalized spacial score (nSPS) is 16.4. The molecule has 154 valence electrons. The average Bonchev–Trinajstić information content (AvgIpc) is 2.56. The van der Waals surface area contributed by atoms with E-state index >= 15 is 0 Å². The van der Waals surface area contributed by atoms with Crippen LogP contribution in [-0.2, 0) is 24.0 Å². The van der Waals surface area contributed by atoms with Gasteiger partial charge in [0, 0.05) is 18.8 Å². The second kappa shape index (κ2) is 11.4. The molecule has 0 aromatic carbocycles. The van der Waals surface area contributed by atoms with Crippen LogP contribution >= 0.6 is 0 Å². The van der Waals surface area contributed by atoms with Crippen molar-refractivity contribution < 1.29 is 34.2 Å². The molecule has 0 saturated carbocycles. The van der Waals surface area contributed by atoms with Crippen molar-refractivity contribution >= 4 is 29.3 Å². The van der Waals surface area contributed by atoms with Crippen LogP contribution in [0, 0.1) is 11.8 Å². The van der Waals surface area contributed by atoms with Crippen molar-refractivity contribution in [2.45, 2.75) is 58.7 Å². The molecule has 10 nitrogen and oxygen atoms in total. The average molecular weight is 387 g/mol. The standard InChI is InChI=1S/C17H29N3O7/c1-8(16(26)19-10(3)15(18)25)5-14(24)13(7-21)20-17(27)12(11(4)23)6-9(2)22/h8,10-13,21,23H,5-7H2,1-4H3,(H2,18,25)(H,19,26)(H,20,27). The molecule has 10 heteroatoms. The fourth-order valence-corrected chi connectivity index (χ4v) is 2.26. The summed E-state index contributed by atoms with van der Waals surface area (Å²) in [6.07, 6.45) is -1.63. The van der Waals surface area contributed by atoms with Crippen LogP contribution in [0.3, 0.4) is 0 Å². The zero-order valence-electron chi connectivity index (χ0n) is 16.0. The third-order valence-corrected chi connectivity index (χ3v) is 4.05. The predicted molar refractivity (Wildman–Crippen MR) is 95.1 cm³/mol. The lowest BCUT2D eigenvalue weighted by Crippen LogP contribution is -2.49. The summed E-state index contributed by atoms with van der Waals surface area (Å²) in [5.41, 5.74) is 5.05. The number of hydrogen-bond acceptors (Lipinski definition) is 7. The number of primary amides is 1. The molecule has 0 fully saturated rings. The van der Waals surface area contributed by atoms with Gasteiger partial charge >= 0.3 is 0 Å². The van der Waals surface area contributed by atoms with Crippen molar-refractivity contribution in [1.29, 1.82) is 0 Å². The van der Waals surface area contributed by atoms with E-state index in [9.17, 15) is 34.2 Å². The first kappa shape index (κ1) is 24.7. The predicted octanol–water partition coefficient (Wildman–Crippen LogP) is -1.98. The number of Topliss-reactive ketones (excluding diaryl/α,β-unsaturated/α-hetero) is 2. The van der Waals surface area contributed by atoms with Gasteiger partial charge in [-0.15, -0.1) is 0 Å². The van der Waals surface area contributed by atoms with Crippen molar-refractivity contribution in [2.24, 2.45) is 17.6 Å². The number of ketones is 2. The monoisotopic (exact) mass is 387 g/mol. The maximum atomic E-state index is 12.3. The first-order valence-electron chi connectivity index (χ1n) is 8.61. The smallest absolute Gasteiger partial charge is 0.239 e. The Morgan fingerprint density at radius 3 is 1.93 bits per heavy atom. The highest BCUT2D eigenvalue weighted by molar-refractivity contribution is 5.94. The molecule has 0 aliphatic rings. The largest absolute Gasteiger partial charge is 0.394 e. The Balaban J connectivity index is 4.89. The van der Waals surface area contributed by atoms with Crippen LogP contribution < -0.4 is 16.4 Å². The van der Waals surface area contributed by atoms with Gasteiger partial charge < -0.3 is 31.4 Å². The molecule has 0 aromatic heterocycles. The first-order chi connectivity index (χ1) is 12.4. The Morgan fingerprint density at radius 1 is 0.963 bits per heavy atom. The number of hydrogen-bond donors (Lipinski definition) is 5. The molecule has 0 radical (unpaired) electrons. The Hall–Kier alpha value is -2.33. The molecular formula is C17H29N3O7. The van der Waals surface area contributed by atoms with Crippen molar-refractivity contribution in [3.8, 4) is 0 Å². The first-order valence-corrected chi connectivity index (χ1v) is 8.61. The minimum absolute atomic E-state index is 0.209. The Labute approximate surface area is 157 Å². The zero-order valence-corrected chi connectivity index (χ0v) is 16.0. The third kappa shape index (κ3) is 8.74. The minimum Gasteiger partial charge on any atom is -0.394 e. The maximum absolute atomic E-state index is 12.3. The molecule has 27 heavy (non-hydrogen) atoms. The number of nitrogens with one attached hydrogen (secondary N) is 2. The molecule has 0 aliphatic carbocycles. The summed E-state index contributed by atoms with van der Waals surface area (Å²) < 4.78 is 0. The van der Waals surface area contributed by atoms with Gasteiger partial charge in [0.05, 0.1) is 18.6 Å². The molecule has 5 atom stereocenters. The lowest BCUT2D eigenvalue weighted by molar-refractivity contribution is -0.136. The van der Waals surface area contributed by atoms with E-state index in [4.69, 9.17) is 5.73 Å². The Kier molecular flexibility index (Phi) is 10.4. The molecule has 6 N–H and O–H groups in total. The van der Waals surface area contributed by atoms with Gasteiger partial charge in [0.15, 0.2) is 5.78 Å². The SMILES string of the molecule is CC(=O)CC(C(=O)NC(CO)C(=O)CC(C)C(=O)NC(C)C(N)=O)C(C)O. The lowest BCUT2D eigenvalue weighted by atomic mass is 9.95. The zero-order chi connectivity index (χ0) is 21.3. The van der Waals surface area contributed by atoms with Crippen LogP contribution in [0.1, 0.15) is 40.5 Å². The van der Waals surface area contributed by atoms with Gasteiger partial charge in [-0.3, -0.25) is 19.2 Å². The van der Waals surface area contributed by atoms with Gasteiger partial charge in [-0.05, 0) is 20.8 Å². The number of aliphatic hydroxyl groups is 2. The van der Waals surface area contributed by atoms with Crippen molar-refractivity contribution in [3.05, 3.63) is 0 Å². The van der Waals surface area contributed by atoms with Gasteiger partial charge in [0.1, 0.15) is 17.9 Å². The van der Waals surface area contributed by atoms with Crippen molar-refractivity contribution in [3.63, 3.8) is 0 Å². The molecule has 5 unspecified atom stereocenters. The number of aliphatic hydroxyl groups excluding tert-OH is 2. The second-order valence-electron chi connectivity index (χ2n) is 6.70. The van der Waals surface area contributed by atoms with Crippen LogP contribution in [0.2, 0.25) is 0 Å². The number of rotatable bonds is 12. The maximum Gasteiger partial charge on any atom is 0.239 e. The summed E-state index contributed by atoms with van der Waals surface area (Å²) in [5.74, 6) is -4.83. The van der Waals surface area contributed by atoms with E-state index in [0.717, 1.165) is 0 Å². The fraction of sp³-hybridized carbons (Fsp3) is 0.706. The molecule has 0 rings (SSSR count). The van der Waals surface area contributed by atoms with Crippen molar-refractivity contribution in [2.75, 3.05) is 6.61 Å². The summed E-state index contributed by atoms with van der Waals surface area (Å²) in [6, 6.07) is -2.18. The number of nitrogens with two attached hydrogens (primary N) is 1. The quantitative estimate of drug-likeness (QED) is 0.258. The van der Waals surface area contributed by atoms with Crippen LogP contribution in [0.4, 0.5) is 0 Å². The summed E-state index contributed by atoms with van der Waals surface area (Å²) in [5, 5.41) is 23.7. The van der Waals surface area contributed by atoms with E-state index in [2.05, 4.69) is 10.6 Å². The van der Waals surface area contributed by atoms with Gasteiger partial charge in [-0.1, -0.05) is 6.92 Å². The fourth-order valence-electron chi connectivity index (χ4n) is 2.26. The summed E-state index contributed by atoms with van der Waals surface area (Å²) in [6.45, 7) is 4.76. The molecule has 0 bridgehead atoms. The van der Waals surface area contributed by atoms with E-state index in [1.54, 1.807) is 0 Å². The van der Waals surface area contributed by atoms with Gasteiger partial charge in [-0.2, -0.15) is 0 Å². The number of amides is 3. The summed E-state index contributed by atoms with van der Waals surface area (Å²) in [4.78, 5) is 58.6. The van der Waals surface area contributed by atoms with E-state index in [-0.39, 0.29) is 18.6 Å². The molecule has 0 spiro atoms. The van der Waals surface area contributed by atoms with E-state index in [1.165, 1.54) is 27.7 Å².